The van der Waals surface area contributed by atoms with Gasteiger partial charge in [-0.2, -0.15) is 0 Å². The molecule has 0 atom stereocenters. The van der Waals surface area contributed by atoms with E-state index in [1.165, 1.54) is 5.56 Å². The molecule has 0 radical (unpaired) electrons. The summed E-state index contributed by atoms with van der Waals surface area (Å²) in [5, 5.41) is 3.23. The number of nitrogens with one attached hydrogen (secondary N) is 1. The fourth-order valence-electron chi connectivity index (χ4n) is 2.35. The van der Waals surface area contributed by atoms with Gasteiger partial charge in [0.2, 0.25) is 5.91 Å². The summed E-state index contributed by atoms with van der Waals surface area (Å²) in [6.07, 6.45) is 2.62. The third-order valence-electron chi connectivity index (χ3n) is 3.65. The molecule has 2 rings (SSSR count). The van der Waals surface area contributed by atoms with Crippen LogP contribution in [-0.4, -0.2) is 18.5 Å². The summed E-state index contributed by atoms with van der Waals surface area (Å²) in [4.78, 5) is 23.5. The number of aryl methyl sites for hydroxylation is 1. The average Bonchev–Trinajstić information content (AvgIpc) is 2.62. The van der Waals surface area contributed by atoms with Gasteiger partial charge in [-0.3, -0.25) is 9.59 Å². The van der Waals surface area contributed by atoms with E-state index in [4.69, 9.17) is 16.3 Å². The standard InChI is InChI=1S/C20H22ClNO3/c21-17-11-4-5-12-18(17)22-19(23)13-6-14-20(24)25-15-7-10-16-8-2-1-3-9-16/h1-5,8-9,11-12H,6-7,10,13-15H2,(H,22,23). The van der Waals surface area contributed by atoms with Crippen molar-refractivity contribution < 1.29 is 14.3 Å². The van der Waals surface area contributed by atoms with Crippen molar-refractivity contribution >= 4 is 29.2 Å². The van der Waals surface area contributed by atoms with E-state index in [2.05, 4.69) is 17.4 Å². The molecule has 0 fully saturated rings. The molecule has 0 aliphatic rings. The minimum absolute atomic E-state index is 0.162. The van der Waals surface area contributed by atoms with Gasteiger partial charge in [-0.05, 0) is 37.0 Å². The zero-order chi connectivity index (χ0) is 17.9. The molecule has 0 heterocycles. The summed E-state index contributed by atoms with van der Waals surface area (Å²) in [5.41, 5.74) is 1.81. The Morgan fingerprint density at radius 2 is 1.64 bits per heavy atom. The van der Waals surface area contributed by atoms with E-state index >= 15 is 0 Å². The lowest BCUT2D eigenvalue weighted by Crippen LogP contribution is -2.13. The molecule has 1 N–H and O–H groups in total. The quantitative estimate of drug-likeness (QED) is 0.524. The summed E-state index contributed by atoms with van der Waals surface area (Å²) in [6, 6.07) is 17.1. The predicted octanol–water partition coefficient (Wildman–Crippen LogP) is 4.62. The molecule has 132 valence electrons. The first-order valence-corrected chi connectivity index (χ1v) is 8.77. The second-order valence-electron chi connectivity index (χ2n) is 5.69. The van der Waals surface area contributed by atoms with Crippen LogP contribution in [0.2, 0.25) is 5.02 Å². The molecule has 0 aromatic heterocycles. The second kappa shape index (κ2) is 10.5. The molecule has 0 unspecified atom stereocenters. The van der Waals surface area contributed by atoms with Crippen molar-refractivity contribution in [2.75, 3.05) is 11.9 Å². The third-order valence-corrected chi connectivity index (χ3v) is 3.98. The molecule has 1 amide bonds. The molecule has 0 bridgehead atoms. The van der Waals surface area contributed by atoms with Crippen molar-refractivity contribution in [3.05, 3.63) is 65.2 Å². The highest BCUT2D eigenvalue weighted by molar-refractivity contribution is 6.33. The average molecular weight is 360 g/mol. The summed E-state index contributed by atoms with van der Waals surface area (Å²) in [7, 11) is 0. The van der Waals surface area contributed by atoms with E-state index in [1.54, 1.807) is 24.3 Å². The van der Waals surface area contributed by atoms with Gasteiger partial charge in [-0.25, -0.2) is 0 Å². The van der Waals surface area contributed by atoms with Crippen molar-refractivity contribution in [1.29, 1.82) is 0 Å². The summed E-state index contributed by atoms with van der Waals surface area (Å²) < 4.78 is 5.19. The fourth-order valence-corrected chi connectivity index (χ4v) is 2.53. The van der Waals surface area contributed by atoms with Gasteiger partial charge in [0.15, 0.2) is 0 Å². The van der Waals surface area contributed by atoms with Crippen LogP contribution in [-0.2, 0) is 20.7 Å². The number of anilines is 1. The lowest BCUT2D eigenvalue weighted by atomic mass is 10.1. The number of hydrogen-bond acceptors (Lipinski definition) is 3. The van der Waals surface area contributed by atoms with Gasteiger partial charge in [0.1, 0.15) is 0 Å². The van der Waals surface area contributed by atoms with E-state index in [-0.39, 0.29) is 24.7 Å². The number of amides is 1. The van der Waals surface area contributed by atoms with E-state index < -0.39 is 0 Å². The fraction of sp³-hybridized carbons (Fsp3) is 0.300. The van der Waals surface area contributed by atoms with Gasteiger partial charge < -0.3 is 10.1 Å². The lowest BCUT2D eigenvalue weighted by Gasteiger charge is -2.07. The zero-order valence-electron chi connectivity index (χ0n) is 14.0. The van der Waals surface area contributed by atoms with Crippen LogP contribution < -0.4 is 5.32 Å². The first-order valence-electron chi connectivity index (χ1n) is 8.39. The molecule has 0 aliphatic heterocycles. The van der Waals surface area contributed by atoms with E-state index in [1.807, 2.05) is 18.2 Å². The molecule has 2 aromatic carbocycles. The highest BCUT2D eigenvalue weighted by Crippen LogP contribution is 2.20. The topological polar surface area (TPSA) is 55.4 Å². The van der Waals surface area contributed by atoms with Crippen LogP contribution in [0.1, 0.15) is 31.2 Å². The number of hydrogen-bond donors (Lipinski definition) is 1. The zero-order valence-corrected chi connectivity index (χ0v) is 14.8. The van der Waals surface area contributed by atoms with Gasteiger partial charge in [0, 0.05) is 12.8 Å². The first kappa shape index (κ1) is 19.0. The molecule has 0 saturated carbocycles. The monoisotopic (exact) mass is 359 g/mol. The van der Waals surface area contributed by atoms with Crippen LogP contribution in [0.3, 0.4) is 0 Å². The summed E-state index contributed by atoms with van der Waals surface area (Å²) in [5.74, 6) is -0.427. The second-order valence-corrected chi connectivity index (χ2v) is 6.10. The number of halogens is 1. The minimum Gasteiger partial charge on any atom is -0.466 e. The molecular formula is C20H22ClNO3. The van der Waals surface area contributed by atoms with Crippen molar-refractivity contribution in [2.45, 2.75) is 32.1 Å². The van der Waals surface area contributed by atoms with Crippen LogP contribution >= 0.6 is 11.6 Å². The number of carbonyl (C=O) groups is 2. The Morgan fingerprint density at radius 1 is 0.920 bits per heavy atom. The number of rotatable bonds is 9. The maximum Gasteiger partial charge on any atom is 0.305 e. The van der Waals surface area contributed by atoms with Crippen LogP contribution in [0.15, 0.2) is 54.6 Å². The highest BCUT2D eigenvalue weighted by Gasteiger charge is 2.08. The number of carbonyl (C=O) groups excluding carboxylic acids is 2. The van der Waals surface area contributed by atoms with Crippen LogP contribution in [0.25, 0.3) is 0 Å². The molecule has 0 saturated heterocycles. The van der Waals surface area contributed by atoms with Crippen molar-refractivity contribution in [2.24, 2.45) is 0 Å². The molecule has 2 aromatic rings. The molecule has 0 spiro atoms. The van der Waals surface area contributed by atoms with Crippen molar-refractivity contribution in [1.82, 2.24) is 0 Å². The van der Waals surface area contributed by atoms with Crippen molar-refractivity contribution in [3.8, 4) is 0 Å². The number of esters is 1. The van der Waals surface area contributed by atoms with Gasteiger partial charge in [-0.15, -0.1) is 0 Å². The first-order chi connectivity index (χ1) is 12.1. The SMILES string of the molecule is O=C(CCCC(=O)OCCCc1ccccc1)Nc1ccccc1Cl. The van der Waals surface area contributed by atoms with E-state index in [0.717, 1.165) is 12.8 Å². The van der Waals surface area contributed by atoms with Gasteiger partial charge >= 0.3 is 5.97 Å². The largest absolute Gasteiger partial charge is 0.466 e. The van der Waals surface area contributed by atoms with E-state index in [0.29, 0.717) is 23.7 Å². The maximum absolute atomic E-state index is 11.8. The van der Waals surface area contributed by atoms with Gasteiger partial charge in [0.25, 0.3) is 0 Å². The number of benzene rings is 2. The maximum atomic E-state index is 11.8. The van der Waals surface area contributed by atoms with Crippen LogP contribution in [0.5, 0.6) is 0 Å². The normalized spacial score (nSPS) is 10.3. The van der Waals surface area contributed by atoms with Crippen molar-refractivity contribution in [3.63, 3.8) is 0 Å². The Balaban J connectivity index is 1.56. The molecule has 4 nitrogen and oxygen atoms in total. The highest BCUT2D eigenvalue weighted by atomic mass is 35.5. The lowest BCUT2D eigenvalue weighted by molar-refractivity contribution is -0.143. The number of ether oxygens (including phenoxy) is 1. The predicted molar refractivity (Wildman–Crippen MR) is 99.7 cm³/mol. The van der Waals surface area contributed by atoms with Crippen LogP contribution in [0, 0.1) is 0 Å². The summed E-state index contributed by atoms with van der Waals surface area (Å²) in [6.45, 7) is 0.402. The van der Waals surface area contributed by atoms with E-state index in [9.17, 15) is 9.59 Å². The Labute approximate surface area is 153 Å². The Kier molecular flexibility index (Phi) is 7.99. The molecule has 5 heteroatoms. The van der Waals surface area contributed by atoms with Gasteiger partial charge in [-0.1, -0.05) is 54.1 Å². The molecular weight excluding hydrogens is 338 g/mol. The Morgan fingerprint density at radius 3 is 2.40 bits per heavy atom. The molecule has 0 aliphatic carbocycles. The Bertz CT molecular complexity index is 688. The summed E-state index contributed by atoms with van der Waals surface area (Å²) >= 11 is 5.98. The molecule has 25 heavy (non-hydrogen) atoms. The number of para-hydroxylation sites is 1. The Hall–Kier alpha value is -2.33. The third kappa shape index (κ3) is 7.40. The van der Waals surface area contributed by atoms with Gasteiger partial charge in [0.05, 0.1) is 17.3 Å². The smallest absolute Gasteiger partial charge is 0.305 e. The minimum atomic E-state index is -0.265. The van der Waals surface area contributed by atoms with Crippen LogP contribution in [0.4, 0.5) is 5.69 Å².